The molecule has 4 nitrogen and oxygen atoms in total. The van der Waals surface area contributed by atoms with Gasteiger partial charge in [-0.25, -0.2) is 4.98 Å². The van der Waals surface area contributed by atoms with Crippen LogP contribution < -0.4 is 16.0 Å². The number of hydrogen-bond donors (Lipinski definition) is 2. The number of ether oxygens (including phenoxy) is 1. The number of rotatable bonds is 4. The van der Waals surface area contributed by atoms with E-state index in [0.29, 0.717) is 6.42 Å². The molecule has 1 aromatic carbocycles. The van der Waals surface area contributed by atoms with Gasteiger partial charge in [0.25, 0.3) is 0 Å². The highest BCUT2D eigenvalue weighted by Crippen LogP contribution is 2.35. The summed E-state index contributed by atoms with van der Waals surface area (Å²) < 4.78 is 5.73. The summed E-state index contributed by atoms with van der Waals surface area (Å²) in [6, 6.07) is 3.90. The second kappa shape index (κ2) is 5.69. The molecule has 106 valence electrons. The zero-order valence-corrected chi connectivity index (χ0v) is 12.7. The molecule has 0 spiro atoms. The van der Waals surface area contributed by atoms with Crippen molar-refractivity contribution in [1.29, 1.82) is 0 Å². The fourth-order valence-corrected chi connectivity index (χ4v) is 3.44. The molecule has 0 radical (unpaired) electrons. The van der Waals surface area contributed by atoms with Gasteiger partial charge in [-0.2, -0.15) is 0 Å². The lowest BCUT2D eigenvalue weighted by atomic mass is 10.0. The Hall–Kier alpha value is -1.14. The maximum Gasteiger partial charge on any atom is 0.125 e. The van der Waals surface area contributed by atoms with Crippen LogP contribution in [-0.4, -0.2) is 11.6 Å². The number of benzene rings is 1. The Labute approximate surface area is 126 Å². The Morgan fingerprint density at radius 3 is 3.10 bits per heavy atom. The van der Waals surface area contributed by atoms with Gasteiger partial charge in [0.05, 0.1) is 23.4 Å². The monoisotopic (exact) mass is 309 g/mol. The summed E-state index contributed by atoms with van der Waals surface area (Å²) >= 11 is 7.81. The molecule has 6 heteroatoms. The Morgan fingerprint density at radius 1 is 1.55 bits per heavy atom. The number of nitrogens with zero attached hydrogens (tertiary/aromatic N) is 1. The lowest BCUT2D eigenvalue weighted by Gasteiger charge is -2.16. The normalized spacial score (nSPS) is 14.9. The molecule has 0 saturated carbocycles. The van der Waals surface area contributed by atoms with Crippen molar-refractivity contribution < 1.29 is 4.74 Å². The van der Waals surface area contributed by atoms with E-state index in [1.807, 2.05) is 24.4 Å². The van der Waals surface area contributed by atoms with Gasteiger partial charge in [0, 0.05) is 16.8 Å². The Bertz CT molecular complexity index is 629. The first-order chi connectivity index (χ1) is 9.67. The summed E-state index contributed by atoms with van der Waals surface area (Å²) in [7, 11) is 0. The van der Waals surface area contributed by atoms with E-state index in [2.05, 4.69) is 10.4 Å². The summed E-state index contributed by atoms with van der Waals surface area (Å²) in [6.45, 7) is 2.71. The SMILES string of the molecule is Cc1nc(C(Cc2cc(Cl)cc3c2OCC3)NN)cs1. The van der Waals surface area contributed by atoms with E-state index in [0.717, 1.165) is 40.1 Å². The number of aromatic nitrogens is 1. The van der Waals surface area contributed by atoms with Crippen LogP contribution in [0.1, 0.15) is 27.9 Å². The molecule has 3 N–H and O–H groups in total. The zero-order chi connectivity index (χ0) is 14.1. The Morgan fingerprint density at radius 2 is 2.40 bits per heavy atom. The van der Waals surface area contributed by atoms with Crippen LogP contribution in [0.15, 0.2) is 17.5 Å². The van der Waals surface area contributed by atoms with Crippen molar-refractivity contribution in [2.75, 3.05) is 6.61 Å². The number of thiazole rings is 1. The van der Waals surface area contributed by atoms with Crippen LogP contribution in [0.2, 0.25) is 5.02 Å². The number of hydrazine groups is 1. The van der Waals surface area contributed by atoms with Crippen molar-refractivity contribution >= 4 is 22.9 Å². The second-order valence-electron chi connectivity index (χ2n) is 4.87. The molecule has 0 aliphatic carbocycles. The van der Waals surface area contributed by atoms with Gasteiger partial charge in [0.1, 0.15) is 5.75 Å². The molecule has 0 bridgehead atoms. The Kier molecular flexibility index (Phi) is 3.94. The van der Waals surface area contributed by atoms with Crippen LogP contribution in [0.25, 0.3) is 0 Å². The predicted molar refractivity (Wildman–Crippen MR) is 81.3 cm³/mol. The summed E-state index contributed by atoms with van der Waals surface area (Å²) in [5.41, 5.74) is 6.06. The number of hydrogen-bond acceptors (Lipinski definition) is 5. The number of nitrogens with two attached hydrogens (primary N) is 1. The van der Waals surface area contributed by atoms with E-state index in [-0.39, 0.29) is 6.04 Å². The molecule has 1 aromatic heterocycles. The van der Waals surface area contributed by atoms with Crippen molar-refractivity contribution in [3.05, 3.63) is 44.4 Å². The number of fused-ring (bicyclic) bond motifs is 1. The minimum absolute atomic E-state index is 0.0354. The van der Waals surface area contributed by atoms with Crippen LogP contribution in [0.3, 0.4) is 0 Å². The number of halogens is 1. The lowest BCUT2D eigenvalue weighted by molar-refractivity contribution is 0.351. The molecule has 0 saturated heterocycles. The van der Waals surface area contributed by atoms with Crippen LogP contribution in [-0.2, 0) is 12.8 Å². The fraction of sp³-hybridized carbons (Fsp3) is 0.357. The average molecular weight is 310 g/mol. The molecular weight excluding hydrogens is 294 g/mol. The fourth-order valence-electron chi connectivity index (χ4n) is 2.51. The van der Waals surface area contributed by atoms with Crippen LogP contribution in [0, 0.1) is 6.92 Å². The largest absolute Gasteiger partial charge is 0.493 e. The van der Waals surface area contributed by atoms with Crippen molar-refractivity contribution in [3.63, 3.8) is 0 Å². The first-order valence-corrected chi connectivity index (χ1v) is 7.75. The zero-order valence-electron chi connectivity index (χ0n) is 11.1. The van der Waals surface area contributed by atoms with Crippen molar-refractivity contribution in [2.45, 2.75) is 25.8 Å². The molecule has 1 atom stereocenters. The predicted octanol–water partition coefficient (Wildman–Crippen LogP) is 2.79. The van der Waals surface area contributed by atoms with Crippen LogP contribution in [0.4, 0.5) is 0 Å². The lowest BCUT2D eigenvalue weighted by Crippen LogP contribution is -2.30. The van der Waals surface area contributed by atoms with Crippen molar-refractivity contribution in [3.8, 4) is 5.75 Å². The van der Waals surface area contributed by atoms with Gasteiger partial charge in [0.15, 0.2) is 0 Å². The highest BCUT2D eigenvalue weighted by atomic mass is 35.5. The minimum Gasteiger partial charge on any atom is -0.493 e. The maximum absolute atomic E-state index is 6.18. The highest BCUT2D eigenvalue weighted by molar-refractivity contribution is 7.09. The molecule has 3 rings (SSSR count). The molecule has 1 aliphatic heterocycles. The van der Waals surface area contributed by atoms with Gasteiger partial charge < -0.3 is 4.74 Å². The first kappa shape index (κ1) is 13.8. The third-order valence-electron chi connectivity index (χ3n) is 3.44. The first-order valence-electron chi connectivity index (χ1n) is 6.49. The van der Waals surface area contributed by atoms with Crippen molar-refractivity contribution in [1.82, 2.24) is 10.4 Å². The quantitative estimate of drug-likeness (QED) is 0.673. The summed E-state index contributed by atoms with van der Waals surface area (Å²) in [5.74, 6) is 6.65. The topological polar surface area (TPSA) is 60.2 Å². The molecular formula is C14H16ClN3OS. The van der Waals surface area contributed by atoms with Gasteiger partial charge in [0.2, 0.25) is 0 Å². The van der Waals surface area contributed by atoms with Gasteiger partial charge in [-0.3, -0.25) is 11.3 Å². The smallest absolute Gasteiger partial charge is 0.125 e. The summed E-state index contributed by atoms with van der Waals surface area (Å²) in [4.78, 5) is 4.50. The molecule has 2 heterocycles. The molecule has 0 amide bonds. The van der Waals surface area contributed by atoms with Gasteiger partial charge in [-0.15, -0.1) is 11.3 Å². The van der Waals surface area contributed by atoms with Gasteiger partial charge >= 0.3 is 0 Å². The van der Waals surface area contributed by atoms with Gasteiger partial charge in [-0.1, -0.05) is 11.6 Å². The van der Waals surface area contributed by atoms with Crippen LogP contribution in [0.5, 0.6) is 5.75 Å². The van der Waals surface area contributed by atoms with E-state index in [1.54, 1.807) is 11.3 Å². The van der Waals surface area contributed by atoms with E-state index in [1.165, 1.54) is 5.56 Å². The molecule has 2 aromatic rings. The number of aryl methyl sites for hydroxylation is 1. The summed E-state index contributed by atoms with van der Waals surface area (Å²) in [5, 5.41) is 3.81. The average Bonchev–Trinajstić information content (AvgIpc) is 3.04. The Balaban J connectivity index is 1.90. The number of nitrogens with one attached hydrogen (secondary N) is 1. The molecule has 1 unspecified atom stereocenters. The van der Waals surface area contributed by atoms with E-state index >= 15 is 0 Å². The van der Waals surface area contributed by atoms with Gasteiger partial charge in [-0.05, 0) is 36.6 Å². The van der Waals surface area contributed by atoms with E-state index in [9.17, 15) is 0 Å². The van der Waals surface area contributed by atoms with E-state index in [4.69, 9.17) is 22.2 Å². The standard InChI is InChI=1S/C14H16ClN3OS/c1-8-17-13(7-20-8)12(18-16)6-10-5-11(15)4-9-2-3-19-14(9)10/h4-5,7,12,18H,2-3,6,16H2,1H3. The highest BCUT2D eigenvalue weighted by Gasteiger charge is 2.21. The third-order valence-corrected chi connectivity index (χ3v) is 4.45. The molecule has 20 heavy (non-hydrogen) atoms. The maximum atomic E-state index is 6.18. The molecule has 0 fully saturated rings. The second-order valence-corrected chi connectivity index (χ2v) is 6.37. The van der Waals surface area contributed by atoms with E-state index < -0.39 is 0 Å². The van der Waals surface area contributed by atoms with Crippen LogP contribution >= 0.6 is 22.9 Å². The minimum atomic E-state index is -0.0354. The third kappa shape index (κ3) is 2.67. The van der Waals surface area contributed by atoms with Crippen molar-refractivity contribution in [2.24, 2.45) is 5.84 Å². The molecule has 1 aliphatic rings. The summed E-state index contributed by atoms with van der Waals surface area (Å²) in [6.07, 6.45) is 1.63.